The van der Waals surface area contributed by atoms with Gasteiger partial charge >= 0.3 is 18.0 Å². The van der Waals surface area contributed by atoms with Gasteiger partial charge < -0.3 is 20.1 Å². The lowest BCUT2D eigenvalue weighted by Crippen LogP contribution is -2.53. The lowest BCUT2D eigenvalue weighted by Gasteiger charge is -2.37. The number of rotatable bonds is 5. The van der Waals surface area contributed by atoms with Gasteiger partial charge in [0.25, 0.3) is 0 Å². The minimum atomic E-state index is -0.502. The van der Waals surface area contributed by atoms with Gasteiger partial charge in [0, 0.05) is 18.8 Å². The largest absolute Gasteiger partial charge is 0.468 e. The normalized spacial score (nSPS) is 22.0. The first-order chi connectivity index (χ1) is 13.4. The Balaban J connectivity index is 1.95. The Hall–Kier alpha value is -2.87. The summed E-state index contributed by atoms with van der Waals surface area (Å²) in [5, 5.41) is 5.40. The minimum Gasteiger partial charge on any atom is -0.468 e. The van der Waals surface area contributed by atoms with Crippen LogP contribution >= 0.6 is 0 Å². The summed E-state index contributed by atoms with van der Waals surface area (Å²) in [4.78, 5) is 38.8. The third-order valence-corrected chi connectivity index (χ3v) is 5.05. The van der Waals surface area contributed by atoms with E-state index in [9.17, 15) is 14.4 Å². The van der Waals surface area contributed by atoms with E-state index in [0.717, 1.165) is 11.1 Å². The van der Waals surface area contributed by atoms with Crippen LogP contribution in [0, 0.1) is 0 Å². The van der Waals surface area contributed by atoms with Crippen LogP contribution in [0.15, 0.2) is 35.5 Å². The molecule has 0 aromatic heterocycles. The highest BCUT2D eigenvalue weighted by Gasteiger charge is 2.36. The van der Waals surface area contributed by atoms with Crippen LogP contribution in [0.3, 0.4) is 0 Å². The summed E-state index contributed by atoms with van der Waals surface area (Å²) >= 11 is 0. The van der Waals surface area contributed by atoms with Gasteiger partial charge in [-0.3, -0.25) is 9.69 Å². The fourth-order valence-corrected chi connectivity index (χ4v) is 3.72. The molecule has 0 bridgehead atoms. The van der Waals surface area contributed by atoms with Gasteiger partial charge in [-0.15, -0.1) is 0 Å². The molecular formula is C20H25N3O5. The molecule has 0 spiro atoms. The molecule has 0 saturated carbocycles. The van der Waals surface area contributed by atoms with Crippen LogP contribution in [0.2, 0.25) is 0 Å². The quantitative estimate of drug-likeness (QED) is 0.735. The smallest absolute Gasteiger partial charge is 0.337 e. The van der Waals surface area contributed by atoms with E-state index in [4.69, 9.17) is 9.47 Å². The average Bonchev–Trinajstić information content (AvgIpc) is 2.66. The third-order valence-electron chi connectivity index (χ3n) is 5.05. The highest BCUT2D eigenvalue weighted by atomic mass is 16.5. The second-order valence-corrected chi connectivity index (χ2v) is 6.85. The van der Waals surface area contributed by atoms with Crippen molar-refractivity contribution in [3.8, 4) is 0 Å². The first-order valence-corrected chi connectivity index (χ1v) is 9.30. The maximum absolute atomic E-state index is 12.5. The fraction of sp³-hybridized carbons (Fsp3) is 0.450. The molecule has 2 aliphatic rings. The molecule has 0 aliphatic carbocycles. The summed E-state index contributed by atoms with van der Waals surface area (Å²) in [7, 11) is 1.36. The number of carbonyl (C=O) groups is 3. The van der Waals surface area contributed by atoms with Gasteiger partial charge in [-0.1, -0.05) is 24.3 Å². The Bertz CT molecular complexity index is 820. The zero-order valence-corrected chi connectivity index (χ0v) is 16.3. The molecule has 8 nitrogen and oxygen atoms in total. The molecule has 0 saturated heterocycles. The van der Waals surface area contributed by atoms with Crippen LogP contribution in [-0.4, -0.2) is 55.2 Å². The number of fused-ring (bicyclic) bond motifs is 1. The van der Waals surface area contributed by atoms with Crippen LogP contribution in [0.5, 0.6) is 0 Å². The first kappa shape index (κ1) is 19.9. The number of hydrogen-bond donors (Lipinski definition) is 2. The van der Waals surface area contributed by atoms with Crippen LogP contribution in [-0.2, 0) is 32.0 Å². The molecule has 150 valence electrons. The Morgan fingerprint density at radius 2 is 1.96 bits per heavy atom. The minimum absolute atomic E-state index is 0.222. The third kappa shape index (κ3) is 4.01. The lowest BCUT2D eigenvalue weighted by molar-refractivity contribution is -0.147. The van der Waals surface area contributed by atoms with E-state index in [1.165, 1.54) is 7.11 Å². The van der Waals surface area contributed by atoms with Crippen LogP contribution in [0.1, 0.15) is 25.0 Å². The van der Waals surface area contributed by atoms with Crippen LogP contribution < -0.4 is 10.6 Å². The van der Waals surface area contributed by atoms with E-state index >= 15 is 0 Å². The highest BCUT2D eigenvalue weighted by molar-refractivity contribution is 5.94. The lowest BCUT2D eigenvalue weighted by atomic mass is 9.93. The number of amides is 2. The molecule has 0 unspecified atom stereocenters. The number of hydrogen-bond acceptors (Lipinski definition) is 6. The SMILES string of the molecule is CCOC(=O)C1=C(CN2Cc3ccccc3C[C@@H]2C(=O)OC)NC(=O)N[C@@H]1C. The molecule has 0 fully saturated rings. The number of carbonyl (C=O) groups excluding carboxylic acids is 3. The van der Waals surface area contributed by atoms with Crippen molar-refractivity contribution in [1.82, 2.24) is 15.5 Å². The zero-order valence-electron chi connectivity index (χ0n) is 16.3. The van der Waals surface area contributed by atoms with Crippen molar-refractivity contribution < 1.29 is 23.9 Å². The molecule has 0 radical (unpaired) electrons. The standard InChI is InChI=1S/C20H25N3O5/c1-4-28-19(25)17-12(2)21-20(26)22-15(17)11-23-10-14-8-6-5-7-13(14)9-16(23)18(24)27-3/h5-8,12,16H,4,9-11H2,1-3H3,(H2,21,22,26)/t12-,16-/m1/s1. The van der Waals surface area contributed by atoms with E-state index in [-0.39, 0.29) is 25.2 Å². The predicted octanol–water partition coefficient (Wildman–Crippen LogP) is 1.10. The first-order valence-electron chi connectivity index (χ1n) is 9.30. The van der Waals surface area contributed by atoms with Gasteiger partial charge in [0.2, 0.25) is 0 Å². The van der Waals surface area contributed by atoms with Gasteiger partial charge in [-0.25, -0.2) is 9.59 Å². The van der Waals surface area contributed by atoms with Gasteiger partial charge in [0.05, 0.1) is 25.3 Å². The molecule has 3 rings (SSSR count). The van der Waals surface area contributed by atoms with Crippen molar-refractivity contribution in [3.05, 3.63) is 46.7 Å². The van der Waals surface area contributed by atoms with Gasteiger partial charge in [0.15, 0.2) is 0 Å². The second-order valence-electron chi connectivity index (χ2n) is 6.85. The van der Waals surface area contributed by atoms with Crippen molar-refractivity contribution >= 4 is 18.0 Å². The number of methoxy groups -OCH3 is 1. The molecule has 1 aromatic rings. The predicted molar refractivity (Wildman–Crippen MR) is 101 cm³/mol. The molecular weight excluding hydrogens is 362 g/mol. The Morgan fingerprint density at radius 3 is 2.64 bits per heavy atom. The molecule has 1 aromatic carbocycles. The Labute approximate surface area is 163 Å². The Kier molecular flexibility index (Phi) is 5.99. The molecule has 8 heteroatoms. The second kappa shape index (κ2) is 8.43. The van der Waals surface area contributed by atoms with E-state index in [0.29, 0.717) is 24.2 Å². The van der Waals surface area contributed by atoms with Crippen LogP contribution in [0.25, 0.3) is 0 Å². The maximum Gasteiger partial charge on any atom is 0.337 e. The number of urea groups is 1. The van der Waals surface area contributed by atoms with E-state index in [1.807, 2.05) is 29.2 Å². The number of nitrogens with zero attached hydrogens (tertiary/aromatic N) is 1. The Morgan fingerprint density at radius 1 is 1.25 bits per heavy atom. The number of nitrogens with one attached hydrogen (secondary N) is 2. The number of benzene rings is 1. The monoisotopic (exact) mass is 387 g/mol. The van der Waals surface area contributed by atoms with Crippen LogP contribution in [0.4, 0.5) is 4.79 Å². The van der Waals surface area contributed by atoms with Gasteiger partial charge in [0.1, 0.15) is 6.04 Å². The van der Waals surface area contributed by atoms with Gasteiger partial charge in [-0.2, -0.15) is 0 Å². The molecule has 28 heavy (non-hydrogen) atoms. The number of esters is 2. The molecule has 2 N–H and O–H groups in total. The van der Waals surface area contributed by atoms with Crippen molar-refractivity contribution in [1.29, 1.82) is 0 Å². The van der Waals surface area contributed by atoms with E-state index in [2.05, 4.69) is 10.6 Å². The topological polar surface area (TPSA) is 97.0 Å². The maximum atomic E-state index is 12.5. The number of ether oxygens (including phenoxy) is 2. The van der Waals surface area contributed by atoms with Crippen molar-refractivity contribution in [2.75, 3.05) is 20.3 Å². The average molecular weight is 387 g/mol. The summed E-state index contributed by atoms with van der Waals surface area (Å²) in [6.45, 7) is 4.42. The summed E-state index contributed by atoms with van der Waals surface area (Å²) in [6, 6.07) is 6.53. The zero-order chi connectivity index (χ0) is 20.3. The molecule has 2 aliphatic heterocycles. The summed E-state index contributed by atoms with van der Waals surface area (Å²) in [6.07, 6.45) is 0.507. The van der Waals surface area contributed by atoms with Gasteiger partial charge in [-0.05, 0) is 31.4 Å². The van der Waals surface area contributed by atoms with Crippen molar-refractivity contribution in [3.63, 3.8) is 0 Å². The summed E-state index contributed by atoms with van der Waals surface area (Å²) < 4.78 is 10.2. The van der Waals surface area contributed by atoms with Crippen molar-refractivity contribution in [2.45, 2.75) is 38.9 Å². The molecule has 2 heterocycles. The van der Waals surface area contributed by atoms with E-state index < -0.39 is 18.1 Å². The fourth-order valence-electron chi connectivity index (χ4n) is 3.72. The summed E-state index contributed by atoms with van der Waals surface area (Å²) in [5.41, 5.74) is 3.01. The molecule has 2 atom stereocenters. The van der Waals surface area contributed by atoms with E-state index in [1.54, 1.807) is 13.8 Å². The molecule has 2 amide bonds. The highest BCUT2D eigenvalue weighted by Crippen LogP contribution is 2.26. The van der Waals surface area contributed by atoms with Crippen molar-refractivity contribution in [2.24, 2.45) is 0 Å². The summed E-state index contributed by atoms with van der Waals surface area (Å²) in [5.74, 6) is -0.828.